The van der Waals surface area contributed by atoms with E-state index in [1.54, 1.807) is 0 Å². The van der Waals surface area contributed by atoms with Gasteiger partial charge in [-0.25, -0.2) is 0 Å². The van der Waals surface area contributed by atoms with Gasteiger partial charge in [-0.05, 0) is 0 Å². The molecule has 2 aliphatic rings. The van der Waals surface area contributed by atoms with Gasteiger partial charge in [-0.1, -0.05) is 0 Å². The van der Waals surface area contributed by atoms with Crippen molar-refractivity contribution >= 4 is 0 Å². The average Bonchev–Trinajstić information content (AvgIpc) is 2.71. The van der Waals surface area contributed by atoms with Crippen molar-refractivity contribution in [1.82, 2.24) is 0 Å². The maximum absolute atomic E-state index is 5.94. The van der Waals surface area contributed by atoms with Crippen LogP contribution in [0.15, 0.2) is 0 Å². The summed E-state index contributed by atoms with van der Waals surface area (Å²) < 4.78 is 39.3. The minimum atomic E-state index is 0.643. The number of hydrogen-bond donors (Lipinski definition) is 2. The maximum atomic E-state index is 5.94. The van der Waals surface area contributed by atoms with E-state index in [1.807, 2.05) is 0 Å². The van der Waals surface area contributed by atoms with Crippen LogP contribution in [0.3, 0.4) is 0 Å². The standard InChI is InChI=1S/C20H40N2O7/c1(21-3-9-24-13-17-28-18-14-25-10-4-21)7-23-8-2-22-5-11-26-15-19-29-20-16-27-12-6-22/h1-20H2/p+2. The van der Waals surface area contributed by atoms with Crippen molar-refractivity contribution in [1.29, 1.82) is 0 Å². The Morgan fingerprint density at radius 1 is 0.414 bits per heavy atom. The SMILES string of the molecule is C1COCC[NH+](CCOCC[NH+]2CCOCCOCCOCC2)CCOCCO1. The molecular formula is C20H42N2O7+2. The van der Waals surface area contributed by atoms with E-state index in [0.29, 0.717) is 52.9 Å². The molecule has 2 fully saturated rings. The highest BCUT2D eigenvalue weighted by Crippen LogP contribution is 1.83. The molecular weight excluding hydrogens is 380 g/mol. The Morgan fingerprint density at radius 2 is 0.690 bits per heavy atom. The summed E-state index contributed by atoms with van der Waals surface area (Å²) in [6.45, 7) is 15.6. The Kier molecular flexibility index (Phi) is 15.8. The van der Waals surface area contributed by atoms with Crippen LogP contribution in [0.2, 0.25) is 0 Å². The largest absolute Gasteiger partial charge is 0.377 e. The van der Waals surface area contributed by atoms with E-state index in [2.05, 4.69) is 0 Å². The minimum absolute atomic E-state index is 0.643. The third-order valence-corrected chi connectivity index (χ3v) is 5.09. The number of quaternary nitrogens is 2. The summed E-state index contributed by atoms with van der Waals surface area (Å²) in [4.78, 5) is 2.93. The van der Waals surface area contributed by atoms with Gasteiger partial charge in [-0.15, -0.1) is 0 Å². The number of ether oxygens (including phenoxy) is 7. The third-order valence-electron chi connectivity index (χ3n) is 5.09. The predicted octanol–water partition coefficient (Wildman–Crippen LogP) is -3.10. The fourth-order valence-corrected chi connectivity index (χ4v) is 3.23. The van der Waals surface area contributed by atoms with Crippen molar-refractivity contribution < 1.29 is 43.0 Å². The molecule has 29 heavy (non-hydrogen) atoms. The highest BCUT2D eigenvalue weighted by Gasteiger charge is 2.12. The van der Waals surface area contributed by atoms with Gasteiger partial charge >= 0.3 is 0 Å². The lowest BCUT2D eigenvalue weighted by Crippen LogP contribution is -3.14. The van der Waals surface area contributed by atoms with Crippen molar-refractivity contribution in [3.63, 3.8) is 0 Å². The molecule has 2 saturated heterocycles. The van der Waals surface area contributed by atoms with Gasteiger partial charge in [0.1, 0.15) is 39.3 Å². The first-order valence-corrected chi connectivity index (χ1v) is 11.2. The second-order valence-electron chi connectivity index (χ2n) is 7.29. The molecule has 2 aliphatic heterocycles. The highest BCUT2D eigenvalue weighted by atomic mass is 16.5. The summed E-state index contributed by atoms with van der Waals surface area (Å²) in [7, 11) is 0. The molecule has 0 aromatic rings. The van der Waals surface area contributed by atoms with Crippen LogP contribution < -0.4 is 9.80 Å². The zero-order valence-electron chi connectivity index (χ0n) is 18.0. The van der Waals surface area contributed by atoms with E-state index in [4.69, 9.17) is 33.2 Å². The number of rotatable bonds is 6. The lowest BCUT2D eigenvalue weighted by molar-refractivity contribution is -0.904. The highest BCUT2D eigenvalue weighted by molar-refractivity contribution is 4.41. The van der Waals surface area contributed by atoms with Crippen LogP contribution in [0.4, 0.5) is 0 Å². The zero-order valence-corrected chi connectivity index (χ0v) is 18.0. The molecule has 172 valence electrons. The van der Waals surface area contributed by atoms with Crippen molar-refractivity contribution in [3.8, 4) is 0 Å². The molecule has 0 unspecified atom stereocenters. The first-order valence-electron chi connectivity index (χ1n) is 11.2. The Bertz CT molecular complexity index is 310. The summed E-state index contributed by atoms with van der Waals surface area (Å²) in [5.74, 6) is 0. The van der Waals surface area contributed by atoms with Crippen LogP contribution in [-0.2, 0) is 33.2 Å². The molecule has 0 aliphatic carbocycles. The van der Waals surface area contributed by atoms with Gasteiger partial charge in [0.25, 0.3) is 0 Å². The topological polar surface area (TPSA) is 73.5 Å². The summed E-state index contributed by atoms with van der Waals surface area (Å²) in [6, 6.07) is 0. The molecule has 9 heteroatoms. The molecule has 0 aromatic carbocycles. The summed E-state index contributed by atoms with van der Waals surface area (Å²) >= 11 is 0. The van der Waals surface area contributed by atoms with E-state index in [9.17, 15) is 0 Å². The molecule has 2 heterocycles. The lowest BCUT2D eigenvalue weighted by atomic mass is 10.4. The second-order valence-corrected chi connectivity index (χ2v) is 7.29. The Balaban J connectivity index is 1.56. The molecule has 0 amide bonds. The first-order chi connectivity index (χ1) is 14.4. The van der Waals surface area contributed by atoms with Gasteiger partial charge in [-0.3, -0.25) is 0 Å². The smallest absolute Gasteiger partial charge is 0.101 e. The average molecular weight is 423 g/mol. The predicted molar refractivity (Wildman–Crippen MR) is 107 cm³/mol. The molecule has 0 aromatic heterocycles. The fraction of sp³-hybridized carbons (Fsp3) is 1.00. The quantitative estimate of drug-likeness (QED) is 0.440. The van der Waals surface area contributed by atoms with Crippen LogP contribution in [0.5, 0.6) is 0 Å². The third kappa shape index (κ3) is 14.3. The van der Waals surface area contributed by atoms with E-state index < -0.39 is 0 Å². The molecule has 0 spiro atoms. The van der Waals surface area contributed by atoms with E-state index in [1.165, 1.54) is 9.80 Å². The van der Waals surface area contributed by atoms with E-state index in [0.717, 1.165) is 78.9 Å². The van der Waals surface area contributed by atoms with E-state index >= 15 is 0 Å². The molecule has 0 radical (unpaired) electrons. The molecule has 0 saturated carbocycles. The zero-order chi connectivity index (χ0) is 20.2. The minimum Gasteiger partial charge on any atom is -0.377 e. The Hall–Kier alpha value is -0.360. The number of hydrogen-bond acceptors (Lipinski definition) is 7. The second kappa shape index (κ2) is 18.4. The van der Waals surface area contributed by atoms with Crippen LogP contribution in [0, 0.1) is 0 Å². The molecule has 0 atom stereocenters. The Labute approximate surface area is 175 Å². The molecule has 2 rings (SSSR count). The summed E-state index contributed by atoms with van der Waals surface area (Å²) in [6.07, 6.45) is 0. The van der Waals surface area contributed by atoms with Crippen molar-refractivity contribution in [2.75, 3.05) is 132 Å². The molecule has 0 bridgehead atoms. The summed E-state index contributed by atoms with van der Waals surface area (Å²) in [5, 5.41) is 0. The van der Waals surface area contributed by atoms with Gasteiger partial charge in [0.05, 0.1) is 92.5 Å². The fourth-order valence-electron chi connectivity index (χ4n) is 3.23. The van der Waals surface area contributed by atoms with Crippen LogP contribution in [0.1, 0.15) is 0 Å². The van der Waals surface area contributed by atoms with Crippen LogP contribution >= 0.6 is 0 Å². The monoisotopic (exact) mass is 422 g/mol. The van der Waals surface area contributed by atoms with Crippen molar-refractivity contribution in [3.05, 3.63) is 0 Å². The summed E-state index contributed by atoms with van der Waals surface area (Å²) in [5.41, 5.74) is 0. The van der Waals surface area contributed by atoms with Gasteiger partial charge in [-0.2, -0.15) is 0 Å². The molecule has 2 N–H and O–H groups in total. The van der Waals surface area contributed by atoms with Crippen LogP contribution in [-0.4, -0.2) is 132 Å². The van der Waals surface area contributed by atoms with E-state index in [-0.39, 0.29) is 0 Å². The Morgan fingerprint density at radius 3 is 1.00 bits per heavy atom. The van der Waals surface area contributed by atoms with Crippen molar-refractivity contribution in [2.45, 2.75) is 0 Å². The van der Waals surface area contributed by atoms with Crippen LogP contribution in [0.25, 0.3) is 0 Å². The number of nitrogens with one attached hydrogen (secondary N) is 2. The van der Waals surface area contributed by atoms with Gasteiger partial charge in [0, 0.05) is 0 Å². The van der Waals surface area contributed by atoms with Gasteiger partial charge in [0.15, 0.2) is 0 Å². The normalized spacial score (nSPS) is 24.0. The van der Waals surface area contributed by atoms with Gasteiger partial charge < -0.3 is 43.0 Å². The van der Waals surface area contributed by atoms with Crippen molar-refractivity contribution in [2.24, 2.45) is 0 Å². The first kappa shape index (κ1) is 24.9. The molecule has 9 nitrogen and oxygen atoms in total. The maximum Gasteiger partial charge on any atom is 0.101 e. The lowest BCUT2D eigenvalue weighted by Gasteiger charge is -2.22. The van der Waals surface area contributed by atoms with Gasteiger partial charge in [0.2, 0.25) is 0 Å².